The number of ketones is 1. The van der Waals surface area contributed by atoms with Crippen molar-refractivity contribution in [3.63, 3.8) is 0 Å². The molecule has 0 fully saturated rings. The van der Waals surface area contributed by atoms with Crippen molar-refractivity contribution in [2.75, 3.05) is 20.8 Å². The molecule has 0 saturated carbocycles. The topological polar surface area (TPSA) is 120 Å². The molecule has 0 radical (unpaired) electrons. The van der Waals surface area contributed by atoms with E-state index in [2.05, 4.69) is 15.3 Å². The Bertz CT molecular complexity index is 918. The van der Waals surface area contributed by atoms with E-state index >= 15 is 0 Å². The molecule has 0 heterocycles. The zero-order valence-corrected chi connectivity index (χ0v) is 19.7. The normalized spacial score (nSPS) is 11.4. The molecule has 8 nitrogen and oxygen atoms in total. The summed E-state index contributed by atoms with van der Waals surface area (Å²) in [5.74, 6) is -1.32. The van der Waals surface area contributed by atoms with Crippen LogP contribution in [-0.4, -0.2) is 50.4 Å². The molecule has 1 aromatic rings. The first kappa shape index (κ1) is 26.8. The summed E-state index contributed by atoms with van der Waals surface area (Å²) in [7, 11) is 2.29. The fraction of sp³-hybridized carbons (Fsp3) is 0.500. The lowest BCUT2D eigenvalue weighted by Gasteiger charge is -2.30. The van der Waals surface area contributed by atoms with E-state index in [1.807, 2.05) is 20.8 Å². The van der Waals surface area contributed by atoms with Gasteiger partial charge in [-0.25, -0.2) is 4.79 Å². The molecule has 0 aliphatic rings. The average Bonchev–Trinajstić information content (AvgIpc) is 2.76. The van der Waals surface area contributed by atoms with Gasteiger partial charge in [-0.1, -0.05) is 32.9 Å². The van der Waals surface area contributed by atoms with Gasteiger partial charge in [0.25, 0.3) is 0 Å². The van der Waals surface area contributed by atoms with Crippen LogP contribution < -0.4 is 0 Å². The number of methoxy groups -OCH3 is 2. The van der Waals surface area contributed by atoms with Crippen molar-refractivity contribution in [3.8, 4) is 0 Å². The molecular formula is C24H31NO7. The number of Topliss-reactive ketones (excluding diaryl/α,β-unsaturated/α-hetero) is 1. The second kappa shape index (κ2) is 10.9. The SMILES string of the molecule is COC(=O)C(CC(=C=N)c1cccc(C(=O)OCC(C)(C)C(=O)C(C)(C)C)c1)C(=O)OC. The van der Waals surface area contributed by atoms with Crippen LogP contribution in [-0.2, 0) is 28.6 Å². The fourth-order valence-electron chi connectivity index (χ4n) is 3.24. The number of benzene rings is 1. The largest absolute Gasteiger partial charge is 0.468 e. The average molecular weight is 446 g/mol. The van der Waals surface area contributed by atoms with Gasteiger partial charge >= 0.3 is 17.9 Å². The highest BCUT2D eigenvalue weighted by Crippen LogP contribution is 2.30. The Morgan fingerprint density at radius 2 is 1.50 bits per heavy atom. The molecule has 0 amide bonds. The van der Waals surface area contributed by atoms with Crippen molar-refractivity contribution >= 4 is 35.1 Å². The summed E-state index contributed by atoms with van der Waals surface area (Å²) in [6, 6.07) is 6.21. The van der Waals surface area contributed by atoms with Crippen molar-refractivity contribution in [2.45, 2.75) is 41.0 Å². The van der Waals surface area contributed by atoms with E-state index in [1.54, 1.807) is 26.0 Å². The predicted octanol–water partition coefficient (Wildman–Crippen LogP) is 3.47. The van der Waals surface area contributed by atoms with Gasteiger partial charge < -0.3 is 14.2 Å². The van der Waals surface area contributed by atoms with Crippen LogP contribution in [0.5, 0.6) is 0 Å². The third-order valence-corrected chi connectivity index (χ3v) is 4.84. The number of hydrogen-bond acceptors (Lipinski definition) is 8. The Balaban J connectivity index is 3.05. The first-order valence-electron chi connectivity index (χ1n) is 10.0. The standard InChI is InChI=1S/C24H31NO7/c1-23(2,3)22(29)24(4,5)14-32-19(26)16-10-8-9-15(11-16)17(13-25)12-18(20(27)30-6)21(28)31-7/h8-11,18,25H,12,14H2,1-7H3. The van der Waals surface area contributed by atoms with Gasteiger partial charge in [0.05, 0.1) is 25.2 Å². The highest BCUT2D eigenvalue weighted by molar-refractivity contribution is 6.00. The summed E-state index contributed by atoms with van der Waals surface area (Å²) in [4.78, 5) is 49.1. The number of carbonyl (C=O) groups excluding carboxylic acids is 4. The van der Waals surface area contributed by atoms with Gasteiger partial charge in [-0.3, -0.25) is 19.8 Å². The smallest absolute Gasteiger partial charge is 0.338 e. The molecule has 1 N–H and O–H groups in total. The van der Waals surface area contributed by atoms with Crippen LogP contribution in [0.2, 0.25) is 0 Å². The molecule has 0 spiro atoms. The van der Waals surface area contributed by atoms with Gasteiger partial charge in [0, 0.05) is 17.4 Å². The van der Waals surface area contributed by atoms with Crippen molar-refractivity contribution in [1.82, 2.24) is 0 Å². The third-order valence-electron chi connectivity index (χ3n) is 4.84. The number of rotatable bonds is 9. The van der Waals surface area contributed by atoms with Gasteiger partial charge in [0.1, 0.15) is 12.4 Å². The van der Waals surface area contributed by atoms with Crippen molar-refractivity contribution in [1.29, 1.82) is 5.41 Å². The lowest BCUT2D eigenvalue weighted by Crippen LogP contribution is -2.38. The molecule has 0 aliphatic heterocycles. The van der Waals surface area contributed by atoms with E-state index in [-0.39, 0.29) is 29.9 Å². The summed E-state index contributed by atoms with van der Waals surface area (Å²) in [5.41, 5.74) is -0.613. The monoisotopic (exact) mass is 445 g/mol. The highest BCUT2D eigenvalue weighted by atomic mass is 16.5. The third kappa shape index (κ3) is 6.89. The molecule has 0 bridgehead atoms. The van der Waals surface area contributed by atoms with Gasteiger partial charge in [-0.05, 0) is 37.4 Å². The van der Waals surface area contributed by atoms with E-state index in [1.165, 1.54) is 12.1 Å². The number of nitrogens with one attached hydrogen (secondary N) is 1. The molecule has 0 saturated heterocycles. The van der Waals surface area contributed by atoms with Crippen LogP contribution >= 0.6 is 0 Å². The Kier molecular flexibility index (Phi) is 9.09. The molecule has 0 aliphatic carbocycles. The van der Waals surface area contributed by atoms with Crippen molar-refractivity contribution < 1.29 is 33.4 Å². The Hall–Kier alpha value is -3.25. The summed E-state index contributed by atoms with van der Waals surface area (Å²) < 4.78 is 14.7. The Morgan fingerprint density at radius 3 is 1.97 bits per heavy atom. The second-order valence-electron chi connectivity index (χ2n) is 9.03. The first-order chi connectivity index (χ1) is 14.8. The number of ether oxygens (including phenoxy) is 3. The molecule has 8 heteroatoms. The van der Waals surface area contributed by atoms with Gasteiger partial charge in [-0.2, -0.15) is 0 Å². The van der Waals surface area contributed by atoms with Gasteiger partial charge in [-0.15, -0.1) is 0 Å². The van der Waals surface area contributed by atoms with Crippen LogP contribution in [0.3, 0.4) is 0 Å². The number of carbonyl (C=O) groups is 4. The van der Waals surface area contributed by atoms with Gasteiger partial charge in [0.15, 0.2) is 5.92 Å². The zero-order valence-electron chi connectivity index (χ0n) is 19.7. The molecule has 0 atom stereocenters. The minimum Gasteiger partial charge on any atom is -0.468 e. The highest BCUT2D eigenvalue weighted by Gasteiger charge is 2.37. The Labute approximate surface area is 188 Å². The molecule has 0 aromatic heterocycles. The predicted molar refractivity (Wildman–Crippen MR) is 118 cm³/mol. The van der Waals surface area contributed by atoms with Crippen LogP contribution in [0.1, 0.15) is 57.0 Å². The molecule has 1 aromatic carbocycles. The van der Waals surface area contributed by atoms with Crippen molar-refractivity contribution in [2.24, 2.45) is 16.7 Å². The van der Waals surface area contributed by atoms with E-state index in [4.69, 9.17) is 10.1 Å². The minimum absolute atomic E-state index is 0.0303. The first-order valence-corrected chi connectivity index (χ1v) is 10.0. The lowest BCUT2D eigenvalue weighted by molar-refractivity contribution is -0.158. The molecular weight excluding hydrogens is 414 g/mol. The summed E-state index contributed by atoms with van der Waals surface area (Å²) in [6.07, 6.45) is -0.186. The molecule has 0 unspecified atom stereocenters. The maximum absolute atomic E-state index is 12.6. The van der Waals surface area contributed by atoms with Crippen LogP contribution in [0.25, 0.3) is 5.57 Å². The molecule has 174 valence electrons. The quantitative estimate of drug-likeness (QED) is 0.267. The van der Waals surface area contributed by atoms with E-state index in [0.29, 0.717) is 5.56 Å². The van der Waals surface area contributed by atoms with Gasteiger partial charge in [0.2, 0.25) is 0 Å². The van der Waals surface area contributed by atoms with E-state index in [9.17, 15) is 19.2 Å². The zero-order chi connectivity index (χ0) is 24.7. The number of allylic oxidation sites excluding steroid dienone is 1. The van der Waals surface area contributed by atoms with Crippen LogP contribution in [0.15, 0.2) is 24.3 Å². The maximum Gasteiger partial charge on any atom is 0.338 e. The fourth-order valence-corrected chi connectivity index (χ4v) is 3.24. The van der Waals surface area contributed by atoms with E-state index < -0.39 is 34.7 Å². The van der Waals surface area contributed by atoms with Crippen molar-refractivity contribution in [3.05, 3.63) is 35.4 Å². The van der Waals surface area contributed by atoms with E-state index in [0.717, 1.165) is 14.2 Å². The number of hydrogen-bond donors (Lipinski definition) is 1. The lowest BCUT2D eigenvalue weighted by atomic mass is 9.75. The summed E-state index contributed by atoms with van der Waals surface area (Å²) in [5, 5.41) is 7.59. The van der Waals surface area contributed by atoms with Crippen LogP contribution in [0.4, 0.5) is 0 Å². The molecule has 32 heavy (non-hydrogen) atoms. The minimum atomic E-state index is -1.27. The maximum atomic E-state index is 12.6. The van der Waals surface area contributed by atoms with Crippen LogP contribution in [0, 0.1) is 22.2 Å². The summed E-state index contributed by atoms with van der Waals surface area (Å²) >= 11 is 0. The second-order valence-corrected chi connectivity index (χ2v) is 9.03. The Morgan fingerprint density at radius 1 is 0.969 bits per heavy atom. The molecule has 1 rings (SSSR count). The summed E-state index contributed by atoms with van der Waals surface area (Å²) in [6.45, 7) is 8.78. The number of esters is 3.